The molecule has 0 unspecified atom stereocenters. The summed E-state index contributed by atoms with van der Waals surface area (Å²) in [6, 6.07) is 23.3. The van der Waals surface area contributed by atoms with Gasteiger partial charge in [-0.15, -0.1) is 0 Å². The van der Waals surface area contributed by atoms with Crippen LogP contribution < -0.4 is 46.0 Å². The lowest BCUT2D eigenvalue weighted by atomic mass is 10.0. The zero-order chi connectivity index (χ0) is 32.7. The van der Waals surface area contributed by atoms with E-state index in [0.717, 1.165) is 10.5 Å². The van der Waals surface area contributed by atoms with Gasteiger partial charge in [0.15, 0.2) is 0 Å². The molecule has 5 N–H and O–H groups in total. The van der Waals surface area contributed by atoms with Crippen LogP contribution in [-0.4, -0.2) is 19.1 Å². The Bertz CT molecular complexity index is 1710. The first-order chi connectivity index (χ1) is 21.5. The third-order valence-corrected chi connectivity index (χ3v) is 8.01. The molecule has 0 radical (unpaired) electrons. The maximum Gasteiger partial charge on any atom is 0.330 e. The molecule has 2 saturated carbocycles. The summed E-state index contributed by atoms with van der Waals surface area (Å²) in [5.41, 5.74) is 6.98. The van der Waals surface area contributed by atoms with Crippen LogP contribution in [0.2, 0.25) is 5.15 Å². The molecule has 2 aliphatic carbocycles. The summed E-state index contributed by atoms with van der Waals surface area (Å²) in [4.78, 5) is 51.6. The Morgan fingerprint density at radius 1 is 0.717 bits per heavy atom. The van der Waals surface area contributed by atoms with Crippen LogP contribution in [0.25, 0.3) is 0 Å². The third-order valence-electron chi connectivity index (χ3n) is 7.81. The van der Waals surface area contributed by atoms with E-state index in [1.165, 1.54) is 53.5 Å². The second-order valence-electron chi connectivity index (χ2n) is 12.2. The van der Waals surface area contributed by atoms with Gasteiger partial charge in [-0.2, -0.15) is 0 Å². The number of anilines is 1. The minimum Gasteiger partial charge on any atom is -1.00 e. The Balaban J connectivity index is 0.000000203. The number of nitrogens with two attached hydrogens (primary N) is 1. The molecular formula is C34H43Cl2N6O4-. The first-order valence-corrected chi connectivity index (χ1v) is 15.8. The summed E-state index contributed by atoms with van der Waals surface area (Å²) in [5, 5.41) is 3.41. The highest BCUT2D eigenvalue weighted by atomic mass is 35.5. The highest BCUT2D eigenvalue weighted by Gasteiger charge is 2.32. The van der Waals surface area contributed by atoms with E-state index in [-0.39, 0.29) is 58.5 Å². The second kappa shape index (κ2) is 16.6. The summed E-state index contributed by atoms with van der Waals surface area (Å²) in [7, 11) is 0. The van der Waals surface area contributed by atoms with Crippen LogP contribution >= 0.6 is 11.6 Å². The van der Waals surface area contributed by atoms with Gasteiger partial charge in [0, 0.05) is 30.3 Å². The van der Waals surface area contributed by atoms with Gasteiger partial charge in [0.25, 0.3) is 11.1 Å². The van der Waals surface area contributed by atoms with Gasteiger partial charge in [-0.05, 0) is 76.3 Å². The van der Waals surface area contributed by atoms with E-state index < -0.39 is 5.69 Å². The van der Waals surface area contributed by atoms with Crippen molar-refractivity contribution >= 4 is 17.4 Å². The van der Waals surface area contributed by atoms with Crippen molar-refractivity contribution < 1.29 is 12.4 Å². The predicted octanol–water partition coefficient (Wildman–Crippen LogP) is 2.55. The van der Waals surface area contributed by atoms with Crippen molar-refractivity contribution in [3.8, 4) is 0 Å². The number of halogens is 2. The van der Waals surface area contributed by atoms with Crippen molar-refractivity contribution in [2.75, 3.05) is 5.32 Å². The van der Waals surface area contributed by atoms with E-state index in [0.29, 0.717) is 11.7 Å². The molecule has 0 spiro atoms. The maximum absolute atomic E-state index is 12.1. The normalized spacial score (nSPS) is 15.0. The molecule has 2 aromatic heterocycles. The van der Waals surface area contributed by atoms with Gasteiger partial charge in [0.05, 0.1) is 6.04 Å². The van der Waals surface area contributed by atoms with Gasteiger partial charge in [0.1, 0.15) is 11.0 Å². The quantitative estimate of drug-likeness (QED) is 0.212. The fraction of sp³-hybridized carbons (Fsp3) is 0.412. The molecule has 2 atom stereocenters. The summed E-state index contributed by atoms with van der Waals surface area (Å²) >= 11 is 5.46. The lowest BCUT2D eigenvalue weighted by Gasteiger charge is -2.20. The highest BCUT2D eigenvalue weighted by Crippen LogP contribution is 2.42. The van der Waals surface area contributed by atoms with Gasteiger partial charge in [-0.1, -0.05) is 72.3 Å². The Kier molecular flexibility index (Phi) is 13.2. The molecular weight excluding hydrogens is 627 g/mol. The molecule has 0 bridgehead atoms. The number of aromatic nitrogens is 4. The molecule has 2 aromatic carbocycles. The van der Waals surface area contributed by atoms with Crippen LogP contribution in [0.5, 0.6) is 0 Å². The number of hydrogen-bond acceptors (Lipinski definition) is 6. The smallest absolute Gasteiger partial charge is 0.330 e. The van der Waals surface area contributed by atoms with Crippen molar-refractivity contribution in [3.63, 3.8) is 0 Å². The number of nitrogens with one attached hydrogen (secondary N) is 3. The first-order valence-electron chi connectivity index (χ1n) is 15.5. The topological polar surface area (TPSA) is 148 Å². The SMILES string of the molecule is CC(C)n1c(=O)cc(Cl)[nH]c1=O.CC(C)n1c(=O)cc(N[C@H](c2ccccc2)C2CC2)[nH]c1=O.N[C@H](c1ccccc1)C1CC1.[Cl-]. The molecule has 2 fully saturated rings. The molecule has 6 rings (SSSR count). The Morgan fingerprint density at radius 3 is 1.61 bits per heavy atom. The molecule has 248 valence electrons. The van der Waals surface area contributed by atoms with Crippen molar-refractivity contribution in [1.82, 2.24) is 19.1 Å². The number of H-pyrrole nitrogens is 2. The molecule has 10 nitrogen and oxygen atoms in total. The maximum atomic E-state index is 12.1. The minimum atomic E-state index is -0.470. The van der Waals surface area contributed by atoms with E-state index in [1.807, 2.05) is 38.1 Å². The monoisotopic (exact) mass is 669 g/mol. The average Bonchev–Trinajstić information content (AvgIpc) is 3.90. The van der Waals surface area contributed by atoms with Crippen LogP contribution in [0.1, 0.15) is 88.7 Å². The van der Waals surface area contributed by atoms with Crippen LogP contribution in [0, 0.1) is 11.8 Å². The molecule has 12 heteroatoms. The fourth-order valence-corrected chi connectivity index (χ4v) is 5.34. The summed E-state index contributed by atoms with van der Waals surface area (Å²) in [6.45, 7) is 7.15. The van der Waals surface area contributed by atoms with Gasteiger partial charge in [-0.25, -0.2) is 9.59 Å². The number of hydrogen-bond donors (Lipinski definition) is 4. The van der Waals surface area contributed by atoms with Crippen molar-refractivity contribution in [1.29, 1.82) is 0 Å². The van der Waals surface area contributed by atoms with E-state index >= 15 is 0 Å². The standard InChI is InChI=1S/C17H21N3O2.C10H13N.C7H9ClN2O2.ClH/c1-11(2)20-15(21)10-14(19-17(20)22)18-16(13-8-9-13)12-6-4-3-5-7-12;11-10(9-6-7-9)8-4-2-1-3-5-8;1-4(2)10-6(11)3-5(8)9-7(10)12;/h3-7,10-11,13,16,18H,8-9H2,1-2H3,(H,19,22);1-5,9-10H,6-7,11H2;3-4H,1-2H3,(H,9,12);1H/p-1/t16-;10-;;/m11../s1. The molecule has 0 amide bonds. The number of aromatic amines is 2. The minimum absolute atomic E-state index is 0. The van der Waals surface area contributed by atoms with E-state index in [2.05, 4.69) is 51.7 Å². The van der Waals surface area contributed by atoms with Crippen molar-refractivity contribution in [2.24, 2.45) is 17.6 Å². The van der Waals surface area contributed by atoms with E-state index in [1.54, 1.807) is 13.8 Å². The molecule has 4 aromatic rings. The fourth-order valence-electron chi connectivity index (χ4n) is 5.17. The average molecular weight is 671 g/mol. The van der Waals surface area contributed by atoms with Crippen LogP contribution in [0.3, 0.4) is 0 Å². The highest BCUT2D eigenvalue weighted by molar-refractivity contribution is 6.29. The lowest BCUT2D eigenvalue weighted by molar-refractivity contribution is -0.0000101. The molecule has 2 heterocycles. The molecule has 46 heavy (non-hydrogen) atoms. The Labute approximate surface area is 279 Å². The van der Waals surface area contributed by atoms with Crippen LogP contribution in [-0.2, 0) is 0 Å². The molecule has 0 saturated heterocycles. The predicted molar refractivity (Wildman–Crippen MR) is 180 cm³/mol. The van der Waals surface area contributed by atoms with Crippen molar-refractivity contribution in [3.05, 3.63) is 131 Å². The van der Waals surface area contributed by atoms with Crippen LogP contribution in [0.4, 0.5) is 5.82 Å². The lowest BCUT2D eigenvalue weighted by Crippen LogP contribution is -3.00. The van der Waals surface area contributed by atoms with E-state index in [9.17, 15) is 19.2 Å². The van der Waals surface area contributed by atoms with Gasteiger partial charge in [-0.3, -0.25) is 28.7 Å². The van der Waals surface area contributed by atoms with Gasteiger partial charge < -0.3 is 23.5 Å². The molecule has 2 aliphatic rings. The first kappa shape index (κ1) is 36.6. The van der Waals surface area contributed by atoms with Gasteiger partial charge in [0.2, 0.25) is 0 Å². The Morgan fingerprint density at radius 2 is 1.17 bits per heavy atom. The zero-order valence-electron chi connectivity index (χ0n) is 26.6. The summed E-state index contributed by atoms with van der Waals surface area (Å²) in [5.74, 6) is 1.81. The largest absolute Gasteiger partial charge is 1.00 e. The number of nitrogens with zero attached hydrogens (tertiary/aromatic N) is 2. The van der Waals surface area contributed by atoms with E-state index in [4.69, 9.17) is 17.3 Å². The van der Waals surface area contributed by atoms with Gasteiger partial charge >= 0.3 is 11.4 Å². The summed E-state index contributed by atoms with van der Waals surface area (Å²) < 4.78 is 2.33. The zero-order valence-corrected chi connectivity index (χ0v) is 28.1. The Hall–Kier alpha value is -3.86. The third kappa shape index (κ3) is 10.1. The van der Waals surface area contributed by atoms with Crippen LogP contribution in [0.15, 0.2) is 92.0 Å². The summed E-state index contributed by atoms with van der Waals surface area (Å²) in [6.07, 6.45) is 4.96. The molecule has 0 aliphatic heterocycles. The van der Waals surface area contributed by atoms with Crippen molar-refractivity contribution in [2.45, 2.75) is 77.5 Å². The number of benzene rings is 2. The number of rotatable bonds is 8. The second-order valence-corrected chi connectivity index (χ2v) is 12.6.